The molecule has 1 amide bonds. The predicted octanol–water partition coefficient (Wildman–Crippen LogP) is -0.0493. The molecule has 0 bridgehead atoms. The molecule has 1 saturated carbocycles. The molecule has 2 fully saturated rings. The van der Waals surface area contributed by atoms with E-state index in [-0.39, 0.29) is 17.9 Å². The number of morpholine rings is 1. The molecule has 0 aromatic carbocycles. The van der Waals surface area contributed by atoms with E-state index >= 15 is 0 Å². The number of carbonyl (C=O) groups excluding carboxylic acids is 1. The highest BCUT2D eigenvalue weighted by Crippen LogP contribution is 2.23. The third kappa shape index (κ3) is 3.67. The molecule has 2 aliphatic rings. The number of hydrogen-bond donors (Lipinski definition) is 2. The van der Waals surface area contributed by atoms with Crippen LogP contribution in [-0.4, -0.2) is 55.7 Å². The van der Waals surface area contributed by atoms with Crippen molar-refractivity contribution in [1.82, 2.24) is 10.2 Å². The van der Waals surface area contributed by atoms with Gasteiger partial charge in [0.2, 0.25) is 5.91 Å². The number of nitrogens with zero attached hydrogens (tertiary/aromatic N) is 1. The monoisotopic (exact) mass is 255 g/mol. The van der Waals surface area contributed by atoms with Gasteiger partial charge >= 0.3 is 0 Å². The standard InChI is InChI=1S/C13H25N3O2/c1-10(16-4-6-18-7-5-16)9-15-13(17)11-2-3-12(14)8-11/h10-12H,2-9,14H2,1H3,(H,15,17). The van der Waals surface area contributed by atoms with Gasteiger partial charge < -0.3 is 15.8 Å². The fourth-order valence-electron chi connectivity index (χ4n) is 2.79. The quantitative estimate of drug-likeness (QED) is 0.739. The summed E-state index contributed by atoms with van der Waals surface area (Å²) in [5, 5.41) is 3.07. The van der Waals surface area contributed by atoms with Crippen LogP contribution in [0.2, 0.25) is 0 Å². The van der Waals surface area contributed by atoms with Gasteiger partial charge in [0, 0.05) is 37.6 Å². The van der Waals surface area contributed by atoms with Crippen molar-refractivity contribution < 1.29 is 9.53 Å². The fourth-order valence-corrected chi connectivity index (χ4v) is 2.79. The lowest BCUT2D eigenvalue weighted by Crippen LogP contribution is -2.48. The third-order valence-corrected chi connectivity index (χ3v) is 4.08. The zero-order valence-electron chi connectivity index (χ0n) is 11.2. The van der Waals surface area contributed by atoms with Gasteiger partial charge in [-0.1, -0.05) is 0 Å². The molecule has 3 atom stereocenters. The summed E-state index contributed by atoms with van der Waals surface area (Å²) in [4.78, 5) is 14.3. The van der Waals surface area contributed by atoms with Crippen molar-refractivity contribution in [1.29, 1.82) is 0 Å². The molecule has 0 radical (unpaired) electrons. The average Bonchev–Trinajstić information content (AvgIpc) is 2.83. The van der Waals surface area contributed by atoms with Crippen LogP contribution >= 0.6 is 0 Å². The number of nitrogens with two attached hydrogens (primary N) is 1. The van der Waals surface area contributed by atoms with E-state index in [9.17, 15) is 4.79 Å². The molecular weight excluding hydrogens is 230 g/mol. The average molecular weight is 255 g/mol. The number of hydrogen-bond acceptors (Lipinski definition) is 4. The molecule has 104 valence electrons. The van der Waals surface area contributed by atoms with E-state index in [1.807, 2.05) is 0 Å². The maximum atomic E-state index is 12.0. The molecule has 3 unspecified atom stereocenters. The third-order valence-electron chi connectivity index (χ3n) is 4.08. The minimum Gasteiger partial charge on any atom is -0.379 e. The largest absolute Gasteiger partial charge is 0.379 e. The highest BCUT2D eigenvalue weighted by Gasteiger charge is 2.28. The van der Waals surface area contributed by atoms with Gasteiger partial charge in [0.05, 0.1) is 13.2 Å². The first-order valence-corrected chi connectivity index (χ1v) is 7.02. The molecule has 1 aliphatic heterocycles. The van der Waals surface area contributed by atoms with Crippen LogP contribution in [0.25, 0.3) is 0 Å². The second-order valence-electron chi connectivity index (χ2n) is 5.51. The summed E-state index contributed by atoms with van der Waals surface area (Å²) in [6, 6.07) is 0.602. The molecular formula is C13H25N3O2. The minimum atomic E-state index is 0.136. The molecule has 0 spiro atoms. The summed E-state index contributed by atoms with van der Waals surface area (Å²) >= 11 is 0. The van der Waals surface area contributed by atoms with Crippen LogP contribution in [0, 0.1) is 5.92 Å². The summed E-state index contributed by atoms with van der Waals surface area (Å²) in [6.07, 6.45) is 2.77. The smallest absolute Gasteiger partial charge is 0.223 e. The van der Waals surface area contributed by atoms with Gasteiger partial charge in [-0.15, -0.1) is 0 Å². The van der Waals surface area contributed by atoms with E-state index in [4.69, 9.17) is 10.5 Å². The van der Waals surface area contributed by atoms with Crippen molar-refractivity contribution in [2.75, 3.05) is 32.8 Å². The predicted molar refractivity (Wildman–Crippen MR) is 70.2 cm³/mol. The second kappa shape index (κ2) is 6.50. The maximum absolute atomic E-state index is 12.0. The van der Waals surface area contributed by atoms with Crippen molar-refractivity contribution in [3.8, 4) is 0 Å². The van der Waals surface area contributed by atoms with Crippen LogP contribution in [-0.2, 0) is 9.53 Å². The molecule has 0 aromatic rings. The minimum absolute atomic E-state index is 0.136. The van der Waals surface area contributed by atoms with Gasteiger partial charge in [-0.2, -0.15) is 0 Å². The molecule has 5 nitrogen and oxygen atoms in total. The lowest BCUT2D eigenvalue weighted by Gasteiger charge is -2.32. The van der Waals surface area contributed by atoms with E-state index < -0.39 is 0 Å². The molecule has 3 N–H and O–H groups in total. The zero-order chi connectivity index (χ0) is 13.0. The Morgan fingerprint density at radius 2 is 2.17 bits per heavy atom. The first-order chi connectivity index (χ1) is 8.66. The Balaban J connectivity index is 1.68. The first kappa shape index (κ1) is 13.8. The maximum Gasteiger partial charge on any atom is 0.223 e. The zero-order valence-corrected chi connectivity index (χ0v) is 11.2. The number of amides is 1. The van der Waals surface area contributed by atoms with E-state index in [1.165, 1.54) is 0 Å². The summed E-state index contributed by atoms with van der Waals surface area (Å²) < 4.78 is 5.33. The molecule has 18 heavy (non-hydrogen) atoms. The van der Waals surface area contributed by atoms with Gasteiger partial charge in [-0.05, 0) is 26.2 Å². The van der Waals surface area contributed by atoms with E-state index in [1.54, 1.807) is 0 Å². The summed E-state index contributed by atoms with van der Waals surface area (Å²) in [7, 11) is 0. The number of carbonyl (C=O) groups is 1. The summed E-state index contributed by atoms with van der Waals surface area (Å²) in [6.45, 7) is 6.42. The van der Waals surface area contributed by atoms with Gasteiger partial charge in [0.1, 0.15) is 0 Å². The van der Waals surface area contributed by atoms with E-state index in [2.05, 4.69) is 17.1 Å². The molecule has 1 heterocycles. The highest BCUT2D eigenvalue weighted by atomic mass is 16.5. The Bertz CT molecular complexity index is 279. The van der Waals surface area contributed by atoms with Gasteiger partial charge in [-0.3, -0.25) is 9.69 Å². The number of rotatable bonds is 4. The van der Waals surface area contributed by atoms with Crippen molar-refractivity contribution in [2.24, 2.45) is 11.7 Å². The lowest BCUT2D eigenvalue weighted by molar-refractivity contribution is -0.125. The van der Waals surface area contributed by atoms with Gasteiger partial charge in [-0.25, -0.2) is 0 Å². The Labute approximate surface area is 109 Å². The van der Waals surface area contributed by atoms with E-state index in [0.717, 1.165) is 52.1 Å². The molecule has 2 rings (SSSR count). The SMILES string of the molecule is CC(CNC(=O)C1CCC(N)C1)N1CCOCC1. The van der Waals surface area contributed by atoms with Crippen LogP contribution in [0.4, 0.5) is 0 Å². The Hall–Kier alpha value is -0.650. The lowest BCUT2D eigenvalue weighted by atomic mass is 10.1. The van der Waals surface area contributed by atoms with Gasteiger partial charge in [0.15, 0.2) is 0 Å². The van der Waals surface area contributed by atoms with Crippen molar-refractivity contribution >= 4 is 5.91 Å². The number of nitrogens with one attached hydrogen (secondary N) is 1. The van der Waals surface area contributed by atoms with Crippen LogP contribution in [0.15, 0.2) is 0 Å². The molecule has 1 saturated heterocycles. The van der Waals surface area contributed by atoms with Crippen LogP contribution in [0.1, 0.15) is 26.2 Å². The van der Waals surface area contributed by atoms with Gasteiger partial charge in [0.25, 0.3) is 0 Å². The Morgan fingerprint density at radius 3 is 2.78 bits per heavy atom. The summed E-state index contributed by atoms with van der Waals surface area (Å²) in [5.74, 6) is 0.319. The van der Waals surface area contributed by atoms with Crippen molar-refractivity contribution in [3.05, 3.63) is 0 Å². The van der Waals surface area contributed by atoms with E-state index in [0.29, 0.717) is 6.04 Å². The summed E-state index contributed by atoms with van der Waals surface area (Å²) in [5.41, 5.74) is 5.83. The van der Waals surface area contributed by atoms with Crippen LogP contribution in [0.3, 0.4) is 0 Å². The number of ether oxygens (including phenoxy) is 1. The fraction of sp³-hybridized carbons (Fsp3) is 0.923. The molecule has 5 heteroatoms. The molecule has 0 aromatic heterocycles. The first-order valence-electron chi connectivity index (χ1n) is 7.02. The van der Waals surface area contributed by atoms with Crippen LogP contribution < -0.4 is 11.1 Å². The van der Waals surface area contributed by atoms with Crippen LogP contribution in [0.5, 0.6) is 0 Å². The highest BCUT2D eigenvalue weighted by molar-refractivity contribution is 5.79. The Morgan fingerprint density at radius 1 is 1.44 bits per heavy atom. The second-order valence-corrected chi connectivity index (χ2v) is 5.51. The van der Waals surface area contributed by atoms with Crippen molar-refractivity contribution in [3.63, 3.8) is 0 Å². The Kier molecular flexibility index (Phi) is 4.97. The normalized spacial score (nSPS) is 31.2. The topological polar surface area (TPSA) is 67.6 Å². The molecule has 1 aliphatic carbocycles. The van der Waals surface area contributed by atoms with Crippen molar-refractivity contribution in [2.45, 2.75) is 38.3 Å².